The molecule has 1 amide bonds. The number of carbonyl (C=O) groups is 1. The van der Waals surface area contributed by atoms with E-state index in [4.69, 9.17) is 5.14 Å². The summed E-state index contributed by atoms with van der Waals surface area (Å²) in [5.41, 5.74) is 1.02. The number of aromatic nitrogens is 1. The lowest BCUT2D eigenvalue weighted by Crippen LogP contribution is -2.56. The summed E-state index contributed by atoms with van der Waals surface area (Å²) in [6.07, 6.45) is 1.73. The van der Waals surface area contributed by atoms with Gasteiger partial charge in [-0.25, -0.2) is 10.1 Å². The number of piperazine rings is 1. The number of amides is 1. The minimum absolute atomic E-state index is 0.115. The van der Waals surface area contributed by atoms with Gasteiger partial charge in [0.15, 0.2) is 0 Å². The van der Waals surface area contributed by atoms with Gasteiger partial charge >= 0.3 is 0 Å². The SMILES string of the molecule is NS(=O)(=O)N1CC(C(=O)Nc2ccc(N3CCNCC3)cn2)C1. The average molecular weight is 340 g/mol. The van der Waals surface area contributed by atoms with E-state index in [0.29, 0.717) is 5.82 Å². The standard InChI is InChI=1S/C13H20N6O3S/c14-23(21,22)19-8-10(9-19)13(20)17-12-2-1-11(7-16-12)18-5-3-15-4-6-18/h1-2,7,10,15H,3-6,8-9H2,(H2,14,21,22)(H,16,17,20). The maximum atomic E-state index is 12.0. The van der Waals surface area contributed by atoms with Crippen LogP contribution in [0.4, 0.5) is 11.5 Å². The highest BCUT2D eigenvalue weighted by atomic mass is 32.2. The van der Waals surface area contributed by atoms with Crippen LogP contribution in [-0.4, -0.2) is 62.9 Å². The molecule has 3 rings (SSSR count). The molecule has 0 saturated carbocycles. The van der Waals surface area contributed by atoms with Crippen molar-refractivity contribution in [3.8, 4) is 0 Å². The number of nitrogens with two attached hydrogens (primary N) is 1. The highest BCUT2D eigenvalue weighted by Crippen LogP contribution is 2.20. The lowest BCUT2D eigenvalue weighted by atomic mass is 10.0. The van der Waals surface area contributed by atoms with Crippen LogP contribution in [0.3, 0.4) is 0 Å². The topological polar surface area (TPSA) is 121 Å². The maximum absolute atomic E-state index is 12.0. The molecule has 1 aromatic rings. The molecule has 0 bridgehead atoms. The first-order valence-electron chi connectivity index (χ1n) is 7.44. The third kappa shape index (κ3) is 3.78. The molecule has 2 aliphatic heterocycles. The largest absolute Gasteiger partial charge is 0.368 e. The minimum Gasteiger partial charge on any atom is -0.368 e. The van der Waals surface area contributed by atoms with Gasteiger partial charge in [0.25, 0.3) is 10.2 Å². The zero-order chi connectivity index (χ0) is 16.4. The van der Waals surface area contributed by atoms with E-state index in [1.165, 1.54) is 0 Å². The van der Waals surface area contributed by atoms with E-state index in [2.05, 4.69) is 20.5 Å². The Morgan fingerprint density at radius 3 is 2.57 bits per heavy atom. The summed E-state index contributed by atoms with van der Waals surface area (Å²) in [7, 11) is -3.70. The highest BCUT2D eigenvalue weighted by Gasteiger charge is 2.38. The fourth-order valence-electron chi connectivity index (χ4n) is 2.61. The number of nitrogens with zero attached hydrogens (tertiary/aromatic N) is 3. The van der Waals surface area contributed by atoms with Crippen LogP contribution in [-0.2, 0) is 15.0 Å². The molecule has 9 nitrogen and oxygen atoms in total. The van der Waals surface area contributed by atoms with Gasteiger partial charge in [-0.15, -0.1) is 0 Å². The molecule has 23 heavy (non-hydrogen) atoms. The summed E-state index contributed by atoms with van der Waals surface area (Å²) < 4.78 is 23.2. The molecule has 2 aliphatic rings. The summed E-state index contributed by atoms with van der Waals surface area (Å²) >= 11 is 0. The first-order chi connectivity index (χ1) is 10.9. The molecule has 3 heterocycles. The third-order valence-electron chi connectivity index (χ3n) is 4.06. The molecule has 10 heteroatoms. The first kappa shape index (κ1) is 16.1. The van der Waals surface area contributed by atoms with E-state index in [1.54, 1.807) is 12.3 Å². The molecule has 2 fully saturated rings. The van der Waals surface area contributed by atoms with Gasteiger partial charge in [-0.05, 0) is 12.1 Å². The molecular weight excluding hydrogens is 320 g/mol. The van der Waals surface area contributed by atoms with Crippen LogP contribution in [0.1, 0.15) is 0 Å². The maximum Gasteiger partial charge on any atom is 0.276 e. The summed E-state index contributed by atoms with van der Waals surface area (Å²) in [5, 5.41) is 11.0. The Labute approximate surface area is 135 Å². The van der Waals surface area contributed by atoms with Gasteiger partial charge in [0, 0.05) is 39.3 Å². The van der Waals surface area contributed by atoms with Gasteiger partial charge in [-0.3, -0.25) is 4.79 Å². The van der Waals surface area contributed by atoms with E-state index < -0.39 is 10.2 Å². The Hall–Kier alpha value is -1.75. The third-order valence-corrected chi connectivity index (χ3v) is 5.08. The molecule has 1 aromatic heterocycles. The van der Waals surface area contributed by atoms with Gasteiger partial charge < -0.3 is 15.5 Å². The van der Waals surface area contributed by atoms with Gasteiger partial charge in [0.05, 0.1) is 17.8 Å². The van der Waals surface area contributed by atoms with Crippen LogP contribution < -0.4 is 20.7 Å². The first-order valence-corrected chi connectivity index (χ1v) is 8.94. The highest BCUT2D eigenvalue weighted by molar-refractivity contribution is 7.86. The van der Waals surface area contributed by atoms with Crippen LogP contribution in [0.15, 0.2) is 18.3 Å². The molecule has 2 saturated heterocycles. The average Bonchev–Trinajstić information content (AvgIpc) is 2.46. The second kappa shape index (κ2) is 6.40. The molecule has 4 N–H and O–H groups in total. The van der Waals surface area contributed by atoms with E-state index in [-0.39, 0.29) is 24.9 Å². The number of rotatable bonds is 4. The van der Waals surface area contributed by atoms with E-state index in [1.807, 2.05) is 6.07 Å². The second-order valence-electron chi connectivity index (χ2n) is 5.69. The molecule has 0 spiro atoms. The normalized spacial score (nSPS) is 20.1. The predicted molar refractivity (Wildman–Crippen MR) is 86.1 cm³/mol. The molecule has 0 aromatic carbocycles. The monoisotopic (exact) mass is 340 g/mol. The van der Waals surface area contributed by atoms with Crippen LogP contribution in [0.25, 0.3) is 0 Å². The summed E-state index contributed by atoms with van der Waals surface area (Å²) in [5.74, 6) is -0.168. The van der Waals surface area contributed by atoms with Crippen molar-refractivity contribution in [3.05, 3.63) is 18.3 Å². The van der Waals surface area contributed by atoms with Gasteiger partial charge in [0.2, 0.25) is 5.91 Å². The van der Waals surface area contributed by atoms with E-state index in [9.17, 15) is 13.2 Å². The quantitative estimate of drug-likeness (QED) is 0.618. The van der Waals surface area contributed by atoms with Crippen molar-refractivity contribution < 1.29 is 13.2 Å². The van der Waals surface area contributed by atoms with Gasteiger partial charge in [-0.1, -0.05) is 0 Å². The summed E-state index contributed by atoms with van der Waals surface area (Å²) in [6, 6.07) is 3.68. The van der Waals surface area contributed by atoms with E-state index >= 15 is 0 Å². The van der Waals surface area contributed by atoms with Crippen LogP contribution in [0.5, 0.6) is 0 Å². The van der Waals surface area contributed by atoms with Gasteiger partial charge in [-0.2, -0.15) is 12.7 Å². The van der Waals surface area contributed by atoms with Crippen molar-refractivity contribution in [2.75, 3.05) is 49.5 Å². The van der Waals surface area contributed by atoms with Crippen molar-refractivity contribution in [1.82, 2.24) is 14.6 Å². The smallest absolute Gasteiger partial charge is 0.276 e. The Kier molecular flexibility index (Phi) is 4.48. The van der Waals surface area contributed by atoms with Crippen molar-refractivity contribution in [2.24, 2.45) is 11.1 Å². The summed E-state index contributed by atoms with van der Waals surface area (Å²) in [4.78, 5) is 18.5. The number of hydrogen-bond acceptors (Lipinski definition) is 6. The predicted octanol–water partition coefficient (Wildman–Crippen LogP) is -1.43. The Balaban J connectivity index is 1.53. The number of carbonyl (C=O) groups excluding carboxylic acids is 1. The van der Waals surface area contributed by atoms with Gasteiger partial charge in [0.1, 0.15) is 5.82 Å². The number of pyridine rings is 1. The van der Waals surface area contributed by atoms with Crippen molar-refractivity contribution in [3.63, 3.8) is 0 Å². The molecule has 0 aliphatic carbocycles. The molecule has 126 valence electrons. The van der Waals surface area contributed by atoms with Crippen molar-refractivity contribution >= 4 is 27.6 Å². The fourth-order valence-corrected chi connectivity index (χ4v) is 3.39. The van der Waals surface area contributed by atoms with Crippen LogP contribution in [0, 0.1) is 5.92 Å². The summed E-state index contributed by atoms with van der Waals surface area (Å²) in [6.45, 7) is 3.98. The number of anilines is 2. The lowest BCUT2D eigenvalue weighted by Gasteiger charge is -2.35. The number of nitrogens with one attached hydrogen (secondary N) is 2. The fraction of sp³-hybridized carbons (Fsp3) is 0.538. The van der Waals surface area contributed by atoms with Crippen LogP contribution >= 0.6 is 0 Å². The van der Waals surface area contributed by atoms with Crippen molar-refractivity contribution in [1.29, 1.82) is 0 Å². The zero-order valence-corrected chi connectivity index (χ0v) is 13.4. The molecule has 0 atom stereocenters. The van der Waals surface area contributed by atoms with E-state index in [0.717, 1.165) is 36.2 Å². The zero-order valence-electron chi connectivity index (χ0n) is 12.6. The van der Waals surface area contributed by atoms with Crippen LogP contribution in [0.2, 0.25) is 0 Å². The second-order valence-corrected chi connectivity index (χ2v) is 7.23. The minimum atomic E-state index is -3.70. The Bertz CT molecular complexity index is 665. The molecule has 0 unspecified atom stereocenters. The lowest BCUT2D eigenvalue weighted by molar-refractivity contribution is -0.122. The molecular formula is C13H20N6O3S. The Morgan fingerprint density at radius 2 is 2.00 bits per heavy atom. The Morgan fingerprint density at radius 1 is 1.30 bits per heavy atom. The number of hydrogen-bond donors (Lipinski definition) is 3. The molecule has 0 radical (unpaired) electrons. The van der Waals surface area contributed by atoms with Crippen molar-refractivity contribution in [2.45, 2.75) is 0 Å².